The van der Waals surface area contributed by atoms with Crippen LogP contribution in [0, 0.1) is 11.3 Å². The zero-order chi connectivity index (χ0) is 14.5. The maximum absolute atomic E-state index is 12.6. The lowest BCUT2D eigenvalue weighted by atomic mass is 10.0. The fourth-order valence-electron chi connectivity index (χ4n) is 2.33. The fraction of sp³-hybridized carbons (Fsp3) is 0.312. The Morgan fingerprint density at radius 2 is 2.15 bits per heavy atom. The Morgan fingerprint density at radius 3 is 2.80 bits per heavy atom. The molecular weight excluding hydrogens is 250 g/mol. The van der Waals surface area contributed by atoms with Gasteiger partial charge in [-0.1, -0.05) is 26.0 Å². The minimum absolute atomic E-state index is 0.0912. The third kappa shape index (κ3) is 2.62. The largest absolute Gasteiger partial charge is 0.325 e. The Hall–Kier alpha value is -2.41. The summed E-state index contributed by atoms with van der Waals surface area (Å²) >= 11 is 0. The highest BCUT2D eigenvalue weighted by molar-refractivity contribution is 6.08. The number of carbonyl (C=O) groups is 1. The van der Waals surface area contributed by atoms with E-state index < -0.39 is 0 Å². The molecule has 0 unspecified atom stereocenters. The minimum atomic E-state index is -0.0912. The summed E-state index contributed by atoms with van der Waals surface area (Å²) in [6, 6.07) is 9.09. The maximum atomic E-state index is 12.6. The van der Waals surface area contributed by atoms with Crippen LogP contribution in [0.3, 0.4) is 0 Å². The molecule has 0 saturated heterocycles. The molecule has 0 radical (unpaired) electrons. The number of aromatic nitrogens is 2. The van der Waals surface area contributed by atoms with Gasteiger partial charge in [0, 0.05) is 11.6 Å². The first-order valence-corrected chi connectivity index (χ1v) is 6.77. The van der Waals surface area contributed by atoms with Crippen LogP contribution >= 0.6 is 0 Å². The topological polar surface area (TPSA) is 58.7 Å². The lowest BCUT2D eigenvalue weighted by molar-refractivity contribution is 0.102. The average Bonchev–Trinajstić information content (AvgIpc) is 2.97. The molecule has 0 atom stereocenters. The number of nitriles is 1. The van der Waals surface area contributed by atoms with E-state index in [0.29, 0.717) is 16.8 Å². The number of rotatable bonds is 5. The zero-order valence-corrected chi connectivity index (χ0v) is 11.7. The summed E-state index contributed by atoms with van der Waals surface area (Å²) in [5.74, 6) is -0.0912. The summed E-state index contributed by atoms with van der Waals surface area (Å²) in [7, 11) is 0. The summed E-state index contributed by atoms with van der Waals surface area (Å²) < 4.78 is 1.93. The van der Waals surface area contributed by atoms with E-state index in [1.807, 2.05) is 4.57 Å². The predicted molar refractivity (Wildman–Crippen MR) is 76.4 cm³/mol. The number of imidazole rings is 1. The molecule has 2 aromatic rings. The second kappa shape index (κ2) is 6.16. The molecule has 2 rings (SSSR count). The number of hydrogen-bond donors (Lipinski definition) is 0. The quantitative estimate of drug-likeness (QED) is 0.780. The molecule has 0 saturated carbocycles. The third-order valence-electron chi connectivity index (χ3n) is 3.49. The van der Waals surface area contributed by atoms with Crippen LogP contribution in [0.1, 0.15) is 54.3 Å². The van der Waals surface area contributed by atoms with Gasteiger partial charge in [0.15, 0.2) is 0 Å². The molecule has 0 aliphatic rings. The van der Waals surface area contributed by atoms with Crippen molar-refractivity contribution in [2.45, 2.75) is 32.7 Å². The molecule has 0 amide bonds. The molecule has 20 heavy (non-hydrogen) atoms. The number of carbonyl (C=O) groups excluding carboxylic acids is 1. The standard InChI is InChI=1S/C16H17N3O/c1-3-14(4-2)19-11-18-10-15(19)16(20)13-7-5-6-12(8-13)9-17/h5-8,10-11,14H,3-4H2,1-2H3. The number of nitrogens with zero attached hydrogens (tertiary/aromatic N) is 3. The maximum Gasteiger partial charge on any atom is 0.211 e. The van der Waals surface area contributed by atoms with E-state index in [2.05, 4.69) is 24.9 Å². The van der Waals surface area contributed by atoms with Crippen molar-refractivity contribution in [3.8, 4) is 6.07 Å². The Bertz CT molecular complexity index is 648. The minimum Gasteiger partial charge on any atom is -0.325 e. The number of benzene rings is 1. The van der Waals surface area contributed by atoms with Crippen LogP contribution in [0.2, 0.25) is 0 Å². The van der Waals surface area contributed by atoms with E-state index in [0.717, 1.165) is 12.8 Å². The van der Waals surface area contributed by atoms with E-state index in [9.17, 15) is 4.79 Å². The van der Waals surface area contributed by atoms with Crippen LogP contribution < -0.4 is 0 Å². The Kier molecular flexibility index (Phi) is 4.31. The second-order valence-electron chi connectivity index (χ2n) is 4.68. The van der Waals surface area contributed by atoms with Gasteiger partial charge in [-0.15, -0.1) is 0 Å². The van der Waals surface area contributed by atoms with Crippen molar-refractivity contribution in [1.82, 2.24) is 9.55 Å². The molecule has 4 nitrogen and oxygen atoms in total. The van der Waals surface area contributed by atoms with Crippen molar-refractivity contribution >= 4 is 5.78 Å². The average molecular weight is 267 g/mol. The van der Waals surface area contributed by atoms with Crippen molar-refractivity contribution in [2.75, 3.05) is 0 Å². The Labute approximate surface area is 118 Å². The van der Waals surface area contributed by atoms with Gasteiger partial charge in [-0.25, -0.2) is 4.98 Å². The molecule has 0 aliphatic carbocycles. The van der Waals surface area contributed by atoms with Gasteiger partial charge in [-0.2, -0.15) is 5.26 Å². The van der Waals surface area contributed by atoms with Crippen LogP contribution in [0.25, 0.3) is 0 Å². The molecule has 0 spiro atoms. The SMILES string of the molecule is CCC(CC)n1cncc1C(=O)c1cccc(C#N)c1. The van der Waals surface area contributed by atoms with Crippen LogP contribution in [0.5, 0.6) is 0 Å². The van der Waals surface area contributed by atoms with Crippen molar-refractivity contribution in [3.63, 3.8) is 0 Å². The van der Waals surface area contributed by atoms with Gasteiger partial charge < -0.3 is 4.57 Å². The van der Waals surface area contributed by atoms with E-state index in [1.54, 1.807) is 36.8 Å². The highest BCUT2D eigenvalue weighted by Gasteiger charge is 2.18. The van der Waals surface area contributed by atoms with Crippen LogP contribution in [-0.4, -0.2) is 15.3 Å². The van der Waals surface area contributed by atoms with Gasteiger partial charge in [0.05, 0.1) is 24.2 Å². The first kappa shape index (κ1) is 14.0. The molecule has 102 valence electrons. The fourth-order valence-corrected chi connectivity index (χ4v) is 2.33. The van der Waals surface area contributed by atoms with Gasteiger partial charge in [0.25, 0.3) is 0 Å². The molecule has 1 aromatic heterocycles. The predicted octanol–water partition coefficient (Wildman–Crippen LogP) is 3.35. The first-order chi connectivity index (χ1) is 9.71. The van der Waals surface area contributed by atoms with Gasteiger partial charge in [0.2, 0.25) is 5.78 Å². The molecule has 4 heteroatoms. The molecule has 1 aromatic carbocycles. The van der Waals surface area contributed by atoms with Crippen molar-refractivity contribution < 1.29 is 4.79 Å². The summed E-state index contributed by atoms with van der Waals surface area (Å²) in [5, 5.41) is 8.91. The van der Waals surface area contributed by atoms with E-state index in [-0.39, 0.29) is 11.8 Å². The van der Waals surface area contributed by atoms with Gasteiger partial charge in [-0.3, -0.25) is 4.79 Å². The normalized spacial score (nSPS) is 10.5. The summed E-state index contributed by atoms with van der Waals surface area (Å²) in [6.45, 7) is 4.19. The summed E-state index contributed by atoms with van der Waals surface area (Å²) in [4.78, 5) is 16.7. The van der Waals surface area contributed by atoms with Gasteiger partial charge in [0.1, 0.15) is 5.69 Å². The van der Waals surface area contributed by atoms with E-state index in [4.69, 9.17) is 5.26 Å². The van der Waals surface area contributed by atoms with Gasteiger partial charge >= 0.3 is 0 Å². The van der Waals surface area contributed by atoms with Crippen molar-refractivity contribution in [3.05, 3.63) is 53.6 Å². The molecule has 0 N–H and O–H groups in total. The van der Waals surface area contributed by atoms with Crippen LogP contribution in [-0.2, 0) is 0 Å². The van der Waals surface area contributed by atoms with Crippen molar-refractivity contribution in [2.24, 2.45) is 0 Å². The molecule has 0 fully saturated rings. The highest BCUT2D eigenvalue weighted by Crippen LogP contribution is 2.20. The summed E-state index contributed by atoms with van der Waals surface area (Å²) in [5.41, 5.74) is 1.59. The Morgan fingerprint density at radius 1 is 1.40 bits per heavy atom. The Balaban J connectivity index is 2.39. The smallest absolute Gasteiger partial charge is 0.211 e. The molecule has 0 aliphatic heterocycles. The second-order valence-corrected chi connectivity index (χ2v) is 4.68. The number of hydrogen-bond acceptors (Lipinski definition) is 3. The summed E-state index contributed by atoms with van der Waals surface area (Å²) in [6.07, 6.45) is 5.20. The first-order valence-electron chi connectivity index (χ1n) is 6.77. The highest BCUT2D eigenvalue weighted by atomic mass is 16.1. The monoisotopic (exact) mass is 267 g/mol. The molecule has 0 bridgehead atoms. The molecule has 1 heterocycles. The number of ketones is 1. The van der Waals surface area contributed by atoms with Crippen LogP contribution in [0.4, 0.5) is 0 Å². The molecular formula is C16H17N3O. The van der Waals surface area contributed by atoms with E-state index >= 15 is 0 Å². The third-order valence-corrected chi connectivity index (χ3v) is 3.49. The van der Waals surface area contributed by atoms with E-state index in [1.165, 1.54) is 0 Å². The zero-order valence-electron chi connectivity index (χ0n) is 11.7. The van der Waals surface area contributed by atoms with Crippen molar-refractivity contribution in [1.29, 1.82) is 5.26 Å². The lowest BCUT2D eigenvalue weighted by Crippen LogP contribution is -2.14. The lowest BCUT2D eigenvalue weighted by Gasteiger charge is -2.17. The van der Waals surface area contributed by atoms with Gasteiger partial charge in [-0.05, 0) is 25.0 Å². The van der Waals surface area contributed by atoms with Crippen LogP contribution in [0.15, 0.2) is 36.8 Å².